The standard InChI is InChI=1S/C10H9Cl3O3/c1-10(2)9(13)3-6(14)4(11)5(12)7(15)8(3)16-10/h9,14-15H,1-2H3. The predicted octanol–water partition coefficient (Wildman–Crippen LogP) is 3.86. The Morgan fingerprint density at radius 1 is 1.12 bits per heavy atom. The third kappa shape index (κ3) is 1.42. The van der Waals surface area contributed by atoms with E-state index in [0.717, 1.165) is 0 Å². The van der Waals surface area contributed by atoms with Crippen molar-refractivity contribution in [2.45, 2.75) is 24.8 Å². The van der Waals surface area contributed by atoms with Crippen molar-refractivity contribution in [1.29, 1.82) is 0 Å². The lowest BCUT2D eigenvalue weighted by Gasteiger charge is -2.21. The molecular weight excluding hydrogens is 274 g/mol. The highest BCUT2D eigenvalue weighted by molar-refractivity contribution is 6.44. The number of fused-ring (bicyclic) bond motifs is 1. The molecule has 1 atom stereocenters. The van der Waals surface area contributed by atoms with Gasteiger partial charge in [0, 0.05) is 0 Å². The summed E-state index contributed by atoms with van der Waals surface area (Å²) in [5, 5.41) is 18.7. The molecule has 0 amide bonds. The zero-order chi connectivity index (χ0) is 12.2. The first-order valence-corrected chi connectivity index (χ1v) is 5.72. The molecule has 1 aliphatic heterocycles. The topological polar surface area (TPSA) is 49.7 Å². The fourth-order valence-electron chi connectivity index (χ4n) is 1.66. The van der Waals surface area contributed by atoms with Crippen molar-refractivity contribution < 1.29 is 14.9 Å². The van der Waals surface area contributed by atoms with Crippen LogP contribution in [0, 0.1) is 0 Å². The van der Waals surface area contributed by atoms with Crippen molar-refractivity contribution in [3.05, 3.63) is 15.6 Å². The number of hydrogen-bond donors (Lipinski definition) is 2. The van der Waals surface area contributed by atoms with Gasteiger partial charge in [-0.25, -0.2) is 0 Å². The average molecular weight is 284 g/mol. The van der Waals surface area contributed by atoms with Gasteiger partial charge >= 0.3 is 0 Å². The molecule has 0 bridgehead atoms. The second kappa shape index (κ2) is 3.49. The summed E-state index contributed by atoms with van der Waals surface area (Å²) in [6.45, 7) is 3.48. The van der Waals surface area contributed by atoms with Crippen LogP contribution in [-0.2, 0) is 0 Å². The minimum Gasteiger partial charge on any atom is -0.506 e. The van der Waals surface area contributed by atoms with Gasteiger partial charge in [0.15, 0.2) is 11.5 Å². The molecular formula is C10H9Cl3O3. The summed E-state index contributed by atoms with van der Waals surface area (Å²) < 4.78 is 5.47. The Morgan fingerprint density at radius 3 is 2.19 bits per heavy atom. The molecule has 6 heteroatoms. The Balaban J connectivity index is 2.76. The van der Waals surface area contributed by atoms with E-state index in [-0.39, 0.29) is 32.9 Å². The highest BCUT2D eigenvalue weighted by Gasteiger charge is 2.45. The molecule has 2 rings (SSSR count). The van der Waals surface area contributed by atoms with Gasteiger partial charge < -0.3 is 14.9 Å². The van der Waals surface area contributed by atoms with Gasteiger partial charge in [0.2, 0.25) is 0 Å². The van der Waals surface area contributed by atoms with Crippen molar-refractivity contribution >= 4 is 34.8 Å². The van der Waals surface area contributed by atoms with Crippen LogP contribution < -0.4 is 4.74 Å². The number of rotatable bonds is 0. The molecule has 2 N–H and O–H groups in total. The zero-order valence-corrected chi connectivity index (χ0v) is 10.8. The first kappa shape index (κ1) is 12.0. The van der Waals surface area contributed by atoms with E-state index >= 15 is 0 Å². The highest BCUT2D eigenvalue weighted by atomic mass is 35.5. The molecule has 0 aliphatic carbocycles. The number of alkyl halides is 1. The molecule has 1 aromatic carbocycles. The molecule has 1 aliphatic rings. The van der Waals surface area contributed by atoms with Crippen LogP contribution >= 0.6 is 34.8 Å². The Morgan fingerprint density at radius 2 is 1.62 bits per heavy atom. The first-order chi connectivity index (χ1) is 7.27. The minimum atomic E-state index is -0.743. The van der Waals surface area contributed by atoms with Crippen molar-refractivity contribution in [1.82, 2.24) is 0 Å². The summed E-state index contributed by atoms with van der Waals surface area (Å²) in [4.78, 5) is 0. The van der Waals surface area contributed by atoms with E-state index in [1.807, 2.05) is 0 Å². The van der Waals surface area contributed by atoms with Crippen LogP contribution in [0.4, 0.5) is 0 Å². The summed E-state index contributed by atoms with van der Waals surface area (Å²) in [5.74, 6) is -0.447. The van der Waals surface area contributed by atoms with Crippen LogP contribution in [0.15, 0.2) is 0 Å². The molecule has 3 nitrogen and oxygen atoms in total. The molecule has 1 aromatic rings. The SMILES string of the molecule is CC1(C)Oc2c(O)c(Cl)c(Cl)c(O)c2C1Cl. The van der Waals surface area contributed by atoms with Crippen LogP contribution in [0.3, 0.4) is 0 Å². The van der Waals surface area contributed by atoms with Crippen molar-refractivity contribution in [2.75, 3.05) is 0 Å². The summed E-state index contributed by atoms with van der Waals surface area (Å²) >= 11 is 17.6. The maximum Gasteiger partial charge on any atom is 0.178 e. The third-order valence-electron chi connectivity index (χ3n) is 2.55. The number of halogens is 3. The van der Waals surface area contributed by atoms with Crippen LogP contribution in [0.1, 0.15) is 24.8 Å². The van der Waals surface area contributed by atoms with E-state index in [1.165, 1.54) is 0 Å². The monoisotopic (exact) mass is 282 g/mol. The molecule has 16 heavy (non-hydrogen) atoms. The van der Waals surface area contributed by atoms with Crippen LogP contribution in [-0.4, -0.2) is 15.8 Å². The lowest BCUT2D eigenvalue weighted by molar-refractivity contribution is 0.129. The van der Waals surface area contributed by atoms with E-state index in [4.69, 9.17) is 39.5 Å². The summed E-state index contributed by atoms with van der Waals surface area (Å²) in [6.07, 6.45) is 0. The minimum absolute atomic E-state index is 0.0944. The van der Waals surface area contributed by atoms with E-state index in [1.54, 1.807) is 13.8 Å². The Hall–Kier alpha value is -0.510. The molecule has 0 aromatic heterocycles. The predicted molar refractivity (Wildman–Crippen MR) is 63.1 cm³/mol. The van der Waals surface area contributed by atoms with Gasteiger partial charge in [-0.3, -0.25) is 0 Å². The van der Waals surface area contributed by atoms with Crippen molar-refractivity contribution in [3.8, 4) is 17.2 Å². The first-order valence-electron chi connectivity index (χ1n) is 4.53. The molecule has 0 radical (unpaired) electrons. The van der Waals surface area contributed by atoms with Crippen LogP contribution in [0.25, 0.3) is 0 Å². The fraction of sp³-hybridized carbons (Fsp3) is 0.400. The third-order valence-corrected chi connectivity index (χ3v) is 4.13. The maximum atomic E-state index is 9.83. The van der Waals surface area contributed by atoms with Gasteiger partial charge in [-0.05, 0) is 13.8 Å². The Bertz CT molecular complexity index is 471. The van der Waals surface area contributed by atoms with E-state index < -0.39 is 11.0 Å². The molecule has 0 saturated carbocycles. The van der Waals surface area contributed by atoms with E-state index in [9.17, 15) is 10.2 Å². The molecule has 1 heterocycles. The Kier molecular flexibility index (Phi) is 2.61. The van der Waals surface area contributed by atoms with Gasteiger partial charge in [0.1, 0.15) is 26.8 Å². The fourth-order valence-corrected chi connectivity index (χ4v) is 2.28. The number of phenolic OH excluding ortho intramolecular Hbond substituents is 2. The van der Waals surface area contributed by atoms with Gasteiger partial charge in [-0.2, -0.15) is 0 Å². The number of hydrogen-bond acceptors (Lipinski definition) is 3. The summed E-state index contributed by atoms with van der Waals surface area (Å²) in [7, 11) is 0. The average Bonchev–Trinajstić information content (AvgIpc) is 2.45. The van der Waals surface area contributed by atoms with Crippen molar-refractivity contribution in [3.63, 3.8) is 0 Å². The maximum absolute atomic E-state index is 9.83. The molecule has 0 fully saturated rings. The Labute approximate surface area is 107 Å². The van der Waals surface area contributed by atoms with Crippen LogP contribution in [0.2, 0.25) is 10.0 Å². The van der Waals surface area contributed by atoms with Gasteiger partial charge in [-0.15, -0.1) is 11.6 Å². The lowest BCUT2D eigenvalue weighted by Crippen LogP contribution is -2.27. The normalized spacial score (nSPS) is 21.7. The van der Waals surface area contributed by atoms with Gasteiger partial charge in [0.25, 0.3) is 0 Å². The molecule has 1 unspecified atom stereocenters. The van der Waals surface area contributed by atoms with Crippen LogP contribution in [0.5, 0.6) is 17.2 Å². The van der Waals surface area contributed by atoms with Gasteiger partial charge in [-0.1, -0.05) is 23.2 Å². The number of aromatic hydroxyl groups is 2. The number of benzene rings is 1. The number of ether oxygens (including phenoxy) is 1. The second-order valence-electron chi connectivity index (χ2n) is 4.14. The van der Waals surface area contributed by atoms with E-state index in [0.29, 0.717) is 0 Å². The van der Waals surface area contributed by atoms with Gasteiger partial charge in [0.05, 0.1) is 5.56 Å². The van der Waals surface area contributed by atoms with E-state index in [2.05, 4.69) is 0 Å². The zero-order valence-electron chi connectivity index (χ0n) is 8.51. The highest BCUT2D eigenvalue weighted by Crippen LogP contribution is 2.59. The quantitative estimate of drug-likeness (QED) is 0.561. The smallest absolute Gasteiger partial charge is 0.178 e. The van der Waals surface area contributed by atoms with Crippen molar-refractivity contribution in [2.24, 2.45) is 0 Å². The summed E-state index contributed by atoms with van der Waals surface area (Å²) in [6, 6.07) is 0. The number of phenols is 2. The second-order valence-corrected chi connectivity index (χ2v) is 5.33. The largest absolute Gasteiger partial charge is 0.506 e. The molecule has 88 valence electrons. The molecule has 0 saturated heterocycles. The summed E-state index contributed by atoms with van der Waals surface area (Å²) in [5.41, 5.74) is -0.467. The molecule has 0 spiro atoms. The lowest BCUT2D eigenvalue weighted by atomic mass is 10.00.